The van der Waals surface area contributed by atoms with Gasteiger partial charge in [-0.15, -0.1) is 0 Å². The van der Waals surface area contributed by atoms with Gasteiger partial charge in [0.15, 0.2) is 5.71 Å². The fourth-order valence-corrected chi connectivity index (χ4v) is 4.11. The van der Waals surface area contributed by atoms with Crippen LogP contribution in [0.4, 0.5) is 11.4 Å². The molecule has 4 heteroatoms. The minimum atomic E-state index is -0.0955. The molecule has 0 atom stereocenters. The number of hydrogen-bond acceptors (Lipinski definition) is 2. The van der Waals surface area contributed by atoms with Crippen LogP contribution in [-0.4, -0.2) is 30.4 Å². The van der Waals surface area contributed by atoms with Crippen LogP contribution >= 0.6 is 11.6 Å². The zero-order chi connectivity index (χ0) is 20.3. The quantitative estimate of drug-likeness (QED) is 0.581. The third-order valence-electron chi connectivity index (χ3n) is 5.56. The summed E-state index contributed by atoms with van der Waals surface area (Å²) in [5.74, 6) is 0. The molecule has 1 aliphatic rings. The Kier molecular flexibility index (Phi) is 5.91. The van der Waals surface area contributed by atoms with Crippen LogP contribution < -0.4 is 4.90 Å². The second kappa shape index (κ2) is 8.20. The van der Waals surface area contributed by atoms with Crippen molar-refractivity contribution in [2.24, 2.45) is 0 Å². The number of rotatable bonds is 6. The average molecular weight is 393 g/mol. The molecule has 3 nitrogen and oxygen atoms in total. The van der Waals surface area contributed by atoms with E-state index in [9.17, 15) is 0 Å². The van der Waals surface area contributed by atoms with Crippen molar-refractivity contribution in [3.8, 4) is 6.07 Å². The van der Waals surface area contributed by atoms with E-state index in [4.69, 9.17) is 16.9 Å². The molecule has 0 saturated heterocycles. The second-order valence-electron chi connectivity index (χ2n) is 7.64. The average Bonchev–Trinajstić information content (AvgIpc) is 2.87. The Labute approximate surface area is 173 Å². The molecule has 0 aliphatic carbocycles. The Hall–Kier alpha value is -2.57. The summed E-state index contributed by atoms with van der Waals surface area (Å²) in [6, 6.07) is 16.9. The molecule has 0 saturated carbocycles. The Morgan fingerprint density at radius 3 is 2.50 bits per heavy atom. The molecule has 28 heavy (non-hydrogen) atoms. The molecule has 1 aliphatic heterocycles. The number of nitrogens with zero attached hydrogens (tertiary/aromatic N) is 3. The fraction of sp³-hybridized carbons (Fsp3) is 0.333. The van der Waals surface area contributed by atoms with Gasteiger partial charge in [-0.2, -0.15) is 9.84 Å². The first-order valence-corrected chi connectivity index (χ1v) is 10.1. The molecule has 0 unspecified atom stereocenters. The molecule has 2 aromatic rings. The number of fused-ring (bicyclic) bond motifs is 1. The fourth-order valence-electron chi connectivity index (χ4n) is 3.93. The van der Waals surface area contributed by atoms with Crippen LogP contribution in [0.5, 0.6) is 0 Å². The van der Waals surface area contributed by atoms with Crippen LogP contribution in [-0.2, 0) is 5.41 Å². The van der Waals surface area contributed by atoms with E-state index in [2.05, 4.69) is 91.9 Å². The van der Waals surface area contributed by atoms with Crippen molar-refractivity contribution < 1.29 is 4.58 Å². The maximum atomic E-state index is 8.82. The minimum Gasteiger partial charge on any atom is -0.371 e. The summed E-state index contributed by atoms with van der Waals surface area (Å²) in [4.78, 5) is 2.22. The highest BCUT2D eigenvalue weighted by molar-refractivity contribution is 6.30. The van der Waals surface area contributed by atoms with Gasteiger partial charge >= 0.3 is 0 Å². The van der Waals surface area contributed by atoms with Gasteiger partial charge in [0.1, 0.15) is 7.05 Å². The van der Waals surface area contributed by atoms with Crippen LogP contribution in [0, 0.1) is 11.3 Å². The molecule has 0 spiro atoms. The summed E-state index contributed by atoms with van der Waals surface area (Å²) in [5.41, 5.74) is 5.93. The Morgan fingerprint density at radius 2 is 1.86 bits per heavy atom. The summed E-state index contributed by atoms with van der Waals surface area (Å²) >= 11 is 6.24. The first kappa shape index (κ1) is 20.2. The lowest BCUT2D eigenvalue weighted by atomic mass is 9.81. The highest BCUT2D eigenvalue weighted by Crippen LogP contribution is 2.40. The van der Waals surface area contributed by atoms with Gasteiger partial charge in [0, 0.05) is 41.5 Å². The van der Waals surface area contributed by atoms with Crippen LogP contribution in [0.3, 0.4) is 0 Å². The van der Waals surface area contributed by atoms with Gasteiger partial charge < -0.3 is 4.90 Å². The van der Waals surface area contributed by atoms with Crippen molar-refractivity contribution in [2.75, 3.05) is 25.0 Å². The van der Waals surface area contributed by atoms with Gasteiger partial charge in [-0.25, -0.2) is 0 Å². The van der Waals surface area contributed by atoms with Gasteiger partial charge in [-0.3, -0.25) is 0 Å². The first-order valence-electron chi connectivity index (χ1n) is 9.69. The van der Waals surface area contributed by atoms with Crippen LogP contribution in [0.15, 0.2) is 48.5 Å². The number of allylic oxidation sites excluding steroid dienone is 1. The standard InChI is InChI=1S/C24H27ClN3/c1-5-28(16-6-15-26)20-11-7-18(8-12-20)9-14-23-24(2,3)21-17-19(25)10-13-22(21)27(23)4/h7-14,17H,5-6,16H2,1-4H3/q+1. The molecule has 1 heterocycles. The largest absolute Gasteiger partial charge is 0.371 e. The van der Waals surface area contributed by atoms with E-state index in [1.807, 2.05) is 6.07 Å². The lowest BCUT2D eigenvalue weighted by Crippen LogP contribution is -2.26. The molecular weight excluding hydrogens is 366 g/mol. The predicted molar refractivity (Wildman–Crippen MR) is 119 cm³/mol. The molecule has 0 aromatic heterocycles. The molecule has 2 aromatic carbocycles. The molecule has 3 rings (SSSR count). The van der Waals surface area contributed by atoms with Crippen LogP contribution in [0.1, 0.15) is 38.3 Å². The monoisotopic (exact) mass is 392 g/mol. The molecule has 144 valence electrons. The number of hydrogen-bond donors (Lipinski definition) is 0. The Bertz CT molecular complexity index is 962. The Balaban J connectivity index is 1.83. The van der Waals surface area contributed by atoms with Crippen molar-refractivity contribution in [1.29, 1.82) is 5.26 Å². The third-order valence-corrected chi connectivity index (χ3v) is 5.80. The summed E-state index contributed by atoms with van der Waals surface area (Å²) < 4.78 is 2.25. The second-order valence-corrected chi connectivity index (χ2v) is 8.08. The number of halogens is 1. The molecular formula is C24H27ClN3+. The van der Waals surface area contributed by atoms with Crippen molar-refractivity contribution in [1.82, 2.24) is 0 Å². The van der Waals surface area contributed by atoms with E-state index in [0.29, 0.717) is 6.42 Å². The highest BCUT2D eigenvalue weighted by atomic mass is 35.5. The lowest BCUT2D eigenvalue weighted by molar-refractivity contribution is -0.401. The summed E-state index contributed by atoms with van der Waals surface area (Å²) in [7, 11) is 2.11. The van der Waals surface area contributed by atoms with E-state index in [0.717, 1.165) is 29.4 Å². The lowest BCUT2D eigenvalue weighted by Gasteiger charge is -2.21. The summed E-state index contributed by atoms with van der Waals surface area (Å²) in [6.07, 6.45) is 4.91. The zero-order valence-electron chi connectivity index (χ0n) is 17.0. The van der Waals surface area contributed by atoms with Crippen molar-refractivity contribution >= 4 is 34.8 Å². The molecule has 0 amide bonds. The van der Waals surface area contributed by atoms with Gasteiger partial charge in [0.05, 0.1) is 17.9 Å². The van der Waals surface area contributed by atoms with Gasteiger partial charge in [-0.1, -0.05) is 23.7 Å². The van der Waals surface area contributed by atoms with Gasteiger partial charge in [0.25, 0.3) is 0 Å². The summed E-state index contributed by atoms with van der Waals surface area (Å²) in [6.45, 7) is 8.25. The first-order chi connectivity index (χ1) is 13.4. The van der Waals surface area contributed by atoms with E-state index in [-0.39, 0.29) is 5.41 Å². The maximum absolute atomic E-state index is 8.82. The van der Waals surface area contributed by atoms with Gasteiger partial charge in [-0.05, 0) is 56.7 Å². The molecule has 0 bridgehead atoms. The van der Waals surface area contributed by atoms with Crippen molar-refractivity contribution in [3.05, 3.63) is 64.7 Å². The molecule has 0 N–H and O–H groups in total. The predicted octanol–water partition coefficient (Wildman–Crippen LogP) is 5.80. The van der Waals surface area contributed by atoms with Gasteiger partial charge in [0.2, 0.25) is 5.69 Å². The normalized spacial score (nSPS) is 15.0. The highest BCUT2D eigenvalue weighted by Gasteiger charge is 2.42. The van der Waals surface area contributed by atoms with Crippen molar-refractivity contribution in [2.45, 2.75) is 32.6 Å². The zero-order valence-corrected chi connectivity index (χ0v) is 17.8. The van der Waals surface area contributed by atoms with E-state index < -0.39 is 0 Å². The van der Waals surface area contributed by atoms with Crippen LogP contribution in [0.2, 0.25) is 5.02 Å². The Morgan fingerprint density at radius 1 is 1.14 bits per heavy atom. The number of nitriles is 1. The number of benzene rings is 2. The van der Waals surface area contributed by atoms with E-state index >= 15 is 0 Å². The van der Waals surface area contributed by atoms with E-state index in [1.165, 1.54) is 17.0 Å². The SMILES string of the molecule is CCN(CCC#N)c1ccc(C=CC2=[N+](C)c3ccc(Cl)cc3C2(C)C)cc1. The number of anilines is 1. The van der Waals surface area contributed by atoms with E-state index in [1.54, 1.807) is 0 Å². The van der Waals surface area contributed by atoms with Crippen LogP contribution in [0.25, 0.3) is 6.08 Å². The molecule has 0 fully saturated rings. The third kappa shape index (κ3) is 3.84. The maximum Gasteiger partial charge on any atom is 0.209 e. The molecule has 0 radical (unpaired) electrons. The summed E-state index contributed by atoms with van der Waals surface area (Å²) in [5, 5.41) is 9.60. The minimum absolute atomic E-state index is 0.0955. The van der Waals surface area contributed by atoms with Crippen molar-refractivity contribution in [3.63, 3.8) is 0 Å². The smallest absolute Gasteiger partial charge is 0.209 e. The topological polar surface area (TPSA) is 30.0 Å².